The molecule has 0 spiro atoms. The smallest absolute Gasteiger partial charge is 0.246 e. The summed E-state index contributed by atoms with van der Waals surface area (Å²) >= 11 is 0. The van der Waals surface area contributed by atoms with Gasteiger partial charge in [0.05, 0.1) is 5.56 Å². The van der Waals surface area contributed by atoms with Crippen LogP contribution < -0.4 is 19.8 Å². The summed E-state index contributed by atoms with van der Waals surface area (Å²) in [7, 11) is 0. The average Bonchev–Trinajstić information content (AvgIpc) is 2.92. The van der Waals surface area contributed by atoms with E-state index in [0.717, 1.165) is 38.2 Å². The van der Waals surface area contributed by atoms with Gasteiger partial charge in [-0.25, -0.2) is 4.65 Å². The molecule has 3 aromatic carbocycles. The number of benzene rings is 3. The van der Waals surface area contributed by atoms with Crippen LogP contribution in [-0.4, -0.2) is 12.4 Å². The molecule has 0 aliphatic carbocycles. The molecule has 0 fully saturated rings. The second-order valence-electron chi connectivity index (χ2n) is 6.33. The maximum atomic E-state index is 13.7. The highest BCUT2D eigenvalue weighted by molar-refractivity contribution is 6.23. The lowest BCUT2D eigenvalue weighted by Crippen LogP contribution is -2.46. The highest BCUT2D eigenvalue weighted by atomic mass is 16.5. The van der Waals surface area contributed by atoms with Crippen molar-refractivity contribution < 1.29 is 4.74 Å². The molecule has 0 saturated heterocycles. The fourth-order valence-electron chi connectivity index (χ4n) is 4.03. The Kier molecular flexibility index (Phi) is 2.04. The molecular formula is C20H12N2O2. The van der Waals surface area contributed by atoms with Crippen molar-refractivity contribution in [2.75, 3.05) is 6.61 Å². The van der Waals surface area contributed by atoms with Gasteiger partial charge < -0.3 is 9.94 Å². The summed E-state index contributed by atoms with van der Waals surface area (Å²) in [6, 6.07) is 15.6. The number of hydrogen-bond donors (Lipinski definition) is 0. The number of hydroxylamine groups is 2. The molecule has 114 valence electrons. The van der Waals surface area contributed by atoms with Crippen molar-refractivity contribution in [2.24, 2.45) is 4.99 Å². The van der Waals surface area contributed by atoms with Crippen molar-refractivity contribution in [1.82, 2.24) is 4.65 Å². The van der Waals surface area contributed by atoms with E-state index in [-0.39, 0.29) is 0 Å². The summed E-state index contributed by atoms with van der Waals surface area (Å²) in [5.41, 5.74) is 2.33. The van der Waals surface area contributed by atoms with Gasteiger partial charge in [0.2, 0.25) is 5.84 Å². The van der Waals surface area contributed by atoms with Crippen molar-refractivity contribution >= 4 is 40.3 Å². The lowest BCUT2D eigenvalue weighted by atomic mass is 9.95. The van der Waals surface area contributed by atoms with Crippen molar-refractivity contribution in [3.63, 3.8) is 0 Å². The lowest BCUT2D eigenvalue weighted by molar-refractivity contribution is 0.375. The molecule has 4 nitrogen and oxygen atoms in total. The Morgan fingerprint density at radius 3 is 2.79 bits per heavy atom. The largest absolute Gasteiger partial charge is 0.616 e. The van der Waals surface area contributed by atoms with E-state index in [0.29, 0.717) is 18.1 Å². The molecule has 0 bridgehead atoms. The van der Waals surface area contributed by atoms with Gasteiger partial charge in [0.15, 0.2) is 5.69 Å². The van der Waals surface area contributed by atoms with Gasteiger partial charge in [-0.3, -0.25) is 0 Å². The standard InChI is InChI=1S/C20H12N2O2/c23-22-11-13-6-5-12-9-10-24-17-8-7-14(18(13)19(12)17)20(22)21-15-3-1-2-4-16(15)22/h1-9,11H,10H2. The summed E-state index contributed by atoms with van der Waals surface area (Å²) in [5, 5.41) is 17.9. The SMILES string of the molecule is [O-][N+]12C=c3ccc4c5c(ccc(c35)C1=Nc1ccccc12)OCC=4. The fourth-order valence-corrected chi connectivity index (χ4v) is 4.03. The van der Waals surface area contributed by atoms with Crippen LogP contribution in [0.15, 0.2) is 53.5 Å². The maximum Gasteiger partial charge on any atom is 0.246 e. The van der Waals surface area contributed by atoms with E-state index in [4.69, 9.17) is 4.74 Å². The third-order valence-electron chi connectivity index (χ3n) is 5.07. The number of ether oxygens (including phenoxy) is 1. The highest BCUT2D eigenvalue weighted by Gasteiger charge is 2.39. The summed E-state index contributed by atoms with van der Waals surface area (Å²) < 4.78 is 5.16. The number of quaternary nitrogens is 1. The monoisotopic (exact) mass is 312 g/mol. The predicted octanol–water partition coefficient (Wildman–Crippen LogP) is 2.66. The molecule has 0 radical (unpaired) electrons. The van der Waals surface area contributed by atoms with Gasteiger partial charge in [0.1, 0.15) is 24.2 Å². The molecule has 3 heterocycles. The number of aliphatic imine (C=N–C) groups is 1. The molecule has 1 atom stereocenters. The number of fused-ring (bicyclic) bond motifs is 4. The Morgan fingerprint density at radius 2 is 1.83 bits per heavy atom. The average molecular weight is 312 g/mol. The number of nitrogens with zero attached hydrogens (tertiary/aromatic N) is 2. The van der Waals surface area contributed by atoms with E-state index >= 15 is 0 Å². The zero-order chi connectivity index (χ0) is 15.9. The van der Waals surface area contributed by atoms with E-state index < -0.39 is 4.65 Å². The molecule has 0 N–H and O–H groups in total. The van der Waals surface area contributed by atoms with Crippen LogP contribution in [0.1, 0.15) is 5.56 Å². The first-order chi connectivity index (χ1) is 11.8. The van der Waals surface area contributed by atoms with Crippen molar-refractivity contribution in [1.29, 1.82) is 0 Å². The predicted molar refractivity (Wildman–Crippen MR) is 95.4 cm³/mol. The van der Waals surface area contributed by atoms with Crippen LogP contribution in [0.3, 0.4) is 0 Å². The van der Waals surface area contributed by atoms with Crippen LogP contribution in [-0.2, 0) is 0 Å². The summed E-state index contributed by atoms with van der Waals surface area (Å²) in [6.45, 7) is 0.582. The van der Waals surface area contributed by atoms with Crippen molar-refractivity contribution in [3.05, 3.63) is 69.7 Å². The Bertz CT molecular complexity index is 1230. The molecule has 6 rings (SSSR count). The van der Waals surface area contributed by atoms with Crippen molar-refractivity contribution in [2.45, 2.75) is 0 Å². The lowest BCUT2D eigenvalue weighted by Gasteiger charge is -2.37. The van der Waals surface area contributed by atoms with Gasteiger partial charge in [-0.2, -0.15) is 4.99 Å². The van der Waals surface area contributed by atoms with Crippen LogP contribution in [0.2, 0.25) is 0 Å². The van der Waals surface area contributed by atoms with Gasteiger partial charge in [0.25, 0.3) is 0 Å². The first kappa shape index (κ1) is 12.5. The zero-order valence-corrected chi connectivity index (χ0v) is 12.7. The summed E-state index contributed by atoms with van der Waals surface area (Å²) in [5.74, 6) is 1.42. The molecule has 24 heavy (non-hydrogen) atoms. The molecule has 4 heteroatoms. The number of para-hydroxylation sites is 2. The van der Waals surface area contributed by atoms with Crippen LogP contribution in [0.4, 0.5) is 11.4 Å². The quantitative estimate of drug-likeness (QED) is 0.473. The normalized spacial score (nSPS) is 22.0. The first-order valence-electron chi connectivity index (χ1n) is 7.96. The summed E-state index contributed by atoms with van der Waals surface area (Å²) in [6.07, 6.45) is 3.84. The zero-order valence-electron chi connectivity index (χ0n) is 12.7. The van der Waals surface area contributed by atoms with Gasteiger partial charge in [-0.15, -0.1) is 0 Å². The Balaban J connectivity index is 1.85. The molecular weight excluding hydrogens is 300 g/mol. The van der Waals surface area contributed by atoms with Crippen LogP contribution in [0.25, 0.3) is 23.0 Å². The van der Waals surface area contributed by atoms with E-state index in [1.54, 1.807) is 6.20 Å². The van der Waals surface area contributed by atoms with Crippen molar-refractivity contribution in [3.8, 4) is 5.75 Å². The minimum atomic E-state index is -0.623. The Hall–Kier alpha value is -2.95. The van der Waals surface area contributed by atoms with Crippen LogP contribution >= 0.6 is 0 Å². The van der Waals surface area contributed by atoms with Gasteiger partial charge in [-0.05, 0) is 35.6 Å². The van der Waals surface area contributed by atoms with Gasteiger partial charge in [-0.1, -0.05) is 18.2 Å². The molecule has 3 aliphatic heterocycles. The van der Waals surface area contributed by atoms with E-state index in [9.17, 15) is 5.21 Å². The topological polar surface area (TPSA) is 44.7 Å². The third kappa shape index (κ3) is 1.30. The van der Waals surface area contributed by atoms with E-state index in [2.05, 4.69) is 17.1 Å². The second-order valence-corrected chi connectivity index (χ2v) is 6.33. The summed E-state index contributed by atoms with van der Waals surface area (Å²) in [4.78, 5) is 4.67. The third-order valence-corrected chi connectivity index (χ3v) is 5.07. The first-order valence-corrected chi connectivity index (χ1v) is 7.96. The number of hydrogen-bond acceptors (Lipinski definition) is 3. The molecule has 1 unspecified atom stereocenters. The fraction of sp³-hybridized carbons (Fsp3) is 0.0500. The Morgan fingerprint density at radius 1 is 0.958 bits per heavy atom. The minimum absolute atomic E-state index is 0.540. The number of amidine groups is 1. The maximum absolute atomic E-state index is 13.7. The molecule has 3 aromatic rings. The van der Waals surface area contributed by atoms with Crippen LogP contribution in [0, 0.1) is 5.21 Å². The molecule has 0 aromatic heterocycles. The van der Waals surface area contributed by atoms with E-state index in [1.165, 1.54) is 0 Å². The Labute approximate surface area is 137 Å². The molecule has 0 amide bonds. The van der Waals surface area contributed by atoms with Crippen LogP contribution in [0.5, 0.6) is 5.75 Å². The minimum Gasteiger partial charge on any atom is -0.616 e. The van der Waals surface area contributed by atoms with E-state index in [1.807, 2.05) is 42.5 Å². The number of rotatable bonds is 0. The van der Waals surface area contributed by atoms with Gasteiger partial charge >= 0.3 is 0 Å². The molecule has 3 aliphatic rings. The van der Waals surface area contributed by atoms with Gasteiger partial charge in [0, 0.05) is 22.1 Å². The molecule has 0 saturated carbocycles. The highest BCUT2D eigenvalue weighted by Crippen LogP contribution is 2.44. The second kappa shape index (κ2) is 3.93.